The van der Waals surface area contributed by atoms with Gasteiger partial charge in [-0.15, -0.1) is 11.8 Å². The Labute approximate surface area is 108 Å². The minimum Gasteiger partial charge on any atom is -0.380 e. The van der Waals surface area contributed by atoms with Gasteiger partial charge in [-0.2, -0.15) is 0 Å². The van der Waals surface area contributed by atoms with Gasteiger partial charge >= 0.3 is 0 Å². The zero-order valence-corrected chi connectivity index (χ0v) is 11.4. The fourth-order valence-electron chi connectivity index (χ4n) is 2.21. The van der Waals surface area contributed by atoms with Gasteiger partial charge in [0.25, 0.3) is 0 Å². The van der Waals surface area contributed by atoms with Crippen LogP contribution in [0, 0.1) is 0 Å². The normalized spacial score (nSPS) is 22.4. The van der Waals surface area contributed by atoms with Crippen molar-refractivity contribution in [3.63, 3.8) is 0 Å². The molecular weight excluding hydrogens is 230 g/mol. The molecule has 0 radical (unpaired) electrons. The average molecular weight is 251 g/mol. The number of hydrogen-bond donors (Lipinski definition) is 1. The Morgan fingerprint density at radius 3 is 2.71 bits per heavy atom. The van der Waals surface area contributed by atoms with Crippen molar-refractivity contribution < 1.29 is 4.74 Å². The maximum absolute atomic E-state index is 5.49. The monoisotopic (exact) mass is 251 g/mol. The molecule has 2 rings (SSSR count). The maximum atomic E-state index is 5.49. The molecule has 0 aromatic heterocycles. The molecule has 1 N–H and O–H groups in total. The molecule has 0 aliphatic carbocycles. The fraction of sp³-hybridized carbons (Fsp3) is 0.571. The molecule has 2 atom stereocenters. The maximum Gasteiger partial charge on any atom is 0.0619 e. The number of nitrogens with one attached hydrogen (secondary N) is 1. The number of thioether (sulfide) groups is 1. The van der Waals surface area contributed by atoms with Gasteiger partial charge in [-0.1, -0.05) is 12.1 Å². The van der Waals surface area contributed by atoms with Crippen LogP contribution in [0.25, 0.3) is 0 Å². The van der Waals surface area contributed by atoms with Gasteiger partial charge in [-0.05, 0) is 43.7 Å². The van der Waals surface area contributed by atoms with Gasteiger partial charge in [-0.25, -0.2) is 0 Å². The summed E-state index contributed by atoms with van der Waals surface area (Å²) in [6.07, 6.45) is 4.51. The first-order chi connectivity index (χ1) is 8.29. The molecule has 0 bridgehead atoms. The van der Waals surface area contributed by atoms with Crippen LogP contribution in [-0.2, 0) is 4.74 Å². The lowest BCUT2D eigenvalue weighted by Gasteiger charge is -2.27. The van der Waals surface area contributed by atoms with Crippen molar-refractivity contribution in [2.45, 2.75) is 36.7 Å². The second kappa shape index (κ2) is 6.43. The summed E-state index contributed by atoms with van der Waals surface area (Å²) in [5, 5.41) is 3.64. The number of hydrogen-bond acceptors (Lipinski definition) is 3. The molecule has 1 heterocycles. The van der Waals surface area contributed by atoms with Gasteiger partial charge in [0.2, 0.25) is 0 Å². The second-order valence-corrected chi connectivity index (χ2v) is 5.46. The van der Waals surface area contributed by atoms with Gasteiger partial charge in [0.05, 0.1) is 6.61 Å². The van der Waals surface area contributed by atoms with Gasteiger partial charge in [0.15, 0.2) is 0 Å². The van der Waals surface area contributed by atoms with Crippen molar-refractivity contribution in [1.82, 2.24) is 5.32 Å². The number of rotatable bonds is 4. The fourth-order valence-corrected chi connectivity index (χ4v) is 2.62. The minimum atomic E-state index is 0.401. The zero-order chi connectivity index (χ0) is 12.1. The van der Waals surface area contributed by atoms with E-state index in [-0.39, 0.29) is 0 Å². The summed E-state index contributed by atoms with van der Waals surface area (Å²) in [6, 6.07) is 9.72. The molecule has 1 aliphatic rings. The molecule has 94 valence electrons. The van der Waals surface area contributed by atoms with Crippen LogP contribution >= 0.6 is 11.8 Å². The highest BCUT2D eigenvalue weighted by Crippen LogP contribution is 2.20. The summed E-state index contributed by atoms with van der Waals surface area (Å²) >= 11 is 1.78. The van der Waals surface area contributed by atoms with E-state index >= 15 is 0 Å². The van der Waals surface area contributed by atoms with E-state index < -0.39 is 0 Å². The third kappa shape index (κ3) is 3.73. The molecule has 1 aliphatic heterocycles. The molecule has 0 unspecified atom stereocenters. The first-order valence-electron chi connectivity index (χ1n) is 6.27. The Balaban J connectivity index is 1.91. The van der Waals surface area contributed by atoms with E-state index in [0.717, 1.165) is 13.2 Å². The molecule has 2 nitrogen and oxygen atoms in total. The van der Waals surface area contributed by atoms with Crippen LogP contribution in [0.5, 0.6) is 0 Å². The van der Waals surface area contributed by atoms with E-state index in [1.165, 1.54) is 23.3 Å². The Hall–Kier alpha value is -0.510. The SMILES string of the molecule is CSc1ccc([C@H](C)N[C@H]2CCCOC2)cc1. The van der Waals surface area contributed by atoms with E-state index in [1.54, 1.807) is 11.8 Å². The Morgan fingerprint density at radius 2 is 2.12 bits per heavy atom. The van der Waals surface area contributed by atoms with E-state index in [2.05, 4.69) is 42.8 Å². The molecule has 1 aromatic carbocycles. The molecular formula is C14H21NOS. The third-order valence-corrected chi connectivity index (χ3v) is 4.01. The van der Waals surface area contributed by atoms with Gasteiger partial charge in [0, 0.05) is 23.6 Å². The van der Waals surface area contributed by atoms with E-state index in [0.29, 0.717) is 12.1 Å². The van der Waals surface area contributed by atoms with Crippen molar-refractivity contribution in [2.75, 3.05) is 19.5 Å². The molecule has 0 amide bonds. The first-order valence-corrected chi connectivity index (χ1v) is 7.50. The predicted molar refractivity (Wildman–Crippen MR) is 73.6 cm³/mol. The second-order valence-electron chi connectivity index (χ2n) is 4.58. The highest BCUT2D eigenvalue weighted by Gasteiger charge is 2.16. The van der Waals surface area contributed by atoms with Crippen LogP contribution in [0.15, 0.2) is 29.2 Å². The summed E-state index contributed by atoms with van der Waals surface area (Å²) < 4.78 is 5.49. The zero-order valence-electron chi connectivity index (χ0n) is 10.6. The smallest absolute Gasteiger partial charge is 0.0619 e. The van der Waals surface area contributed by atoms with Gasteiger partial charge < -0.3 is 10.1 Å². The van der Waals surface area contributed by atoms with Crippen molar-refractivity contribution in [3.05, 3.63) is 29.8 Å². The van der Waals surface area contributed by atoms with E-state index in [9.17, 15) is 0 Å². The van der Waals surface area contributed by atoms with Crippen molar-refractivity contribution >= 4 is 11.8 Å². The largest absolute Gasteiger partial charge is 0.380 e. The standard InChI is InChI=1S/C14H21NOS/c1-11(15-13-4-3-9-16-10-13)12-5-7-14(17-2)8-6-12/h5-8,11,13,15H,3-4,9-10H2,1-2H3/t11-,13-/m0/s1. The molecule has 0 spiro atoms. The molecule has 17 heavy (non-hydrogen) atoms. The minimum absolute atomic E-state index is 0.401. The Bertz CT molecular complexity index is 333. The summed E-state index contributed by atoms with van der Waals surface area (Å²) in [5.41, 5.74) is 1.35. The van der Waals surface area contributed by atoms with Crippen LogP contribution in [0.4, 0.5) is 0 Å². The van der Waals surface area contributed by atoms with Crippen LogP contribution in [0.1, 0.15) is 31.4 Å². The van der Waals surface area contributed by atoms with E-state index in [4.69, 9.17) is 4.74 Å². The summed E-state index contributed by atoms with van der Waals surface area (Å²) in [4.78, 5) is 1.32. The molecule has 0 saturated carbocycles. The van der Waals surface area contributed by atoms with Crippen molar-refractivity contribution in [1.29, 1.82) is 0 Å². The molecule has 1 aromatic rings. The lowest BCUT2D eigenvalue weighted by Crippen LogP contribution is -2.38. The van der Waals surface area contributed by atoms with Gasteiger partial charge in [-0.3, -0.25) is 0 Å². The highest BCUT2D eigenvalue weighted by molar-refractivity contribution is 7.98. The summed E-state index contributed by atoms with van der Waals surface area (Å²) in [7, 11) is 0. The van der Waals surface area contributed by atoms with E-state index in [1.807, 2.05) is 0 Å². The predicted octanol–water partition coefficient (Wildman–Crippen LogP) is 3.24. The average Bonchev–Trinajstić information content (AvgIpc) is 2.40. The molecule has 1 fully saturated rings. The number of benzene rings is 1. The van der Waals surface area contributed by atoms with Crippen LogP contribution in [-0.4, -0.2) is 25.5 Å². The third-order valence-electron chi connectivity index (χ3n) is 3.26. The highest BCUT2D eigenvalue weighted by atomic mass is 32.2. The van der Waals surface area contributed by atoms with Crippen LogP contribution < -0.4 is 5.32 Å². The first kappa shape index (κ1) is 12.9. The molecule has 1 saturated heterocycles. The number of ether oxygens (including phenoxy) is 1. The lowest BCUT2D eigenvalue weighted by molar-refractivity contribution is 0.0671. The van der Waals surface area contributed by atoms with Crippen LogP contribution in [0.2, 0.25) is 0 Å². The Kier molecular flexibility index (Phi) is 4.89. The topological polar surface area (TPSA) is 21.3 Å². The quantitative estimate of drug-likeness (QED) is 0.830. The van der Waals surface area contributed by atoms with Crippen molar-refractivity contribution in [3.8, 4) is 0 Å². The van der Waals surface area contributed by atoms with Crippen molar-refractivity contribution in [2.24, 2.45) is 0 Å². The van der Waals surface area contributed by atoms with Gasteiger partial charge in [0.1, 0.15) is 0 Å². The Morgan fingerprint density at radius 1 is 1.35 bits per heavy atom. The summed E-state index contributed by atoms with van der Waals surface area (Å²) in [5.74, 6) is 0. The van der Waals surface area contributed by atoms with Crippen LogP contribution in [0.3, 0.4) is 0 Å². The summed E-state index contributed by atoms with van der Waals surface area (Å²) in [6.45, 7) is 4.00. The molecule has 3 heteroatoms. The lowest BCUT2D eigenvalue weighted by atomic mass is 10.1.